The van der Waals surface area contributed by atoms with E-state index in [0.29, 0.717) is 12.8 Å². The van der Waals surface area contributed by atoms with Crippen LogP contribution in [-0.4, -0.2) is 34.6 Å². The van der Waals surface area contributed by atoms with Gasteiger partial charge in [0.15, 0.2) is 5.78 Å². The summed E-state index contributed by atoms with van der Waals surface area (Å²) in [6, 6.07) is -0.829. The molecular weight excluding hydrogens is 502 g/mol. The first kappa shape index (κ1) is 38.3. The van der Waals surface area contributed by atoms with Gasteiger partial charge in [-0.2, -0.15) is 0 Å². The van der Waals surface area contributed by atoms with Crippen LogP contribution in [0.25, 0.3) is 0 Å². The molecule has 0 aliphatic carbocycles. The zero-order valence-electron chi connectivity index (χ0n) is 26.2. The summed E-state index contributed by atoms with van der Waals surface area (Å²) < 4.78 is 0. The van der Waals surface area contributed by atoms with E-state index >= 15 is 0 Å². The topological polar surface area (TPSA) is 101 Å². The number of carbonyl (C=O) groups is 4. The van der Waals surface area contributed by atoms with Crippen molar-refractivity contribution in [2.75, 3.05) is 0 Å². The Morgan fingerprint density at radius 2 is 0.875 bits per heavy atom. The van der Waals surface area contributed by atoms with E-state index in [9.17, 15) is 19.2 Å². The lowest BCUT2D eigenvalue weighted by Crippen LogP contribution is -2.42. The number of carboxylic acids is 1. The summed E-state index contributed by atoms with van der Waals surface area (Å²) in [5, 5.41) is 11.5. The summed E-state index contributed by atoms with van der Waals surface area (Å²) in [5.74, 6) is -1.62. The summed E-state index contributed by atoms with van der Waals surface area (Å²) in [6.45, 7) is 4.47. The first-order valence-electron chi connectivity index (χ1n) is 17.0. The smallest absolute Gasteiger partial charge is 0.303 e. The molecule has 0 aromatic rings. The fraction of sp³-hybridized carbons (Fsp3) is 0.882. The van der Waals surface area contributed by atoms with Crippen LogP contribution in [0.1, 0.15) is 187 Å². The van der Waals surface area contributed by atoms with Crippen molar-refractivity contribution in [1.82, 2.24) is 5.32 Å². The van der Waals surface area contributed by atoms with Gasteiger partial charge in [-0.25, -0.2) is 0 Å². The van der Waals surface area contributed by atoms with E-state index in [1.165, 1.54) is 103 Å². The molecule has 6 nitrogen and oxygen atoms in total. The Balaban J connectivity index is 4.23. The van der Waals surface area contributed by atoms with Gasteiger partial charge in [-0.1, -0.05) is 142 Å². The first-order valence-corrected chi connectivity index (χ1v) is 17.0. The highest BCUT2D eigenvalue weighted by Gasteiger charge is 2.23. The predicted octanol–water partition coefficient (Wildman–Crippen LogP) is 9.27. The third kappa shape index (κ3) is 26.5. The summed E-state index contributed by atoms with van der Waals surface area (Å²) in [4.78, 5) is 48.6. The van der Waals surface area contributed by atoms with E-state index in [2.05, 4.69) is 19.2 Å². The minimum absolute atomic E-state index is 0.00625. The van der Waals surface area contributed by atoms with Crippen molar-refractivity contribution in [2.45, 2.75) is 193 Å². The number of aliphatic carboxylic acids is 1. The van der Waals surface area contributed by atoms with Crippen molar-refractivity contribution in [2.24, 2.45) is 0 Å². The zero-order chi connectivity index (χ0) is 29.7. The molecule has 1 amide bonds. The van der Waals surface area contributed by atoms with Gasteiger partial charge < -0.3 is 10.4 Å². The molecule has 0 fully saturated rings. The van der Waals surface area contributed by atoms with Crippen LogP contribution in [-0.2, 0) is 19.2 Å². The fourth-order valence-electron chi connectivity index (χ4n) is 5.19. The molecule has 0 radical (unpaired) electrons. The van der Waals surface area contributed by atoms with Gasteiger partial charge in [0.05, 0.1) is 12.5 Å². The van der Waals surface area contributed by atoms with E-state index in [-0.39, 0.29) is 30.8 Å². The van der Waals surface area contributed by atoms with Crippen LogP contribution in [0.4, 0.5) is 0 Å². The second-order valence-corrected chi connectivity index (χ2v) is 11.8. The van der Waals surface area contributed by atoms with Crippen molar-refractivity contribution in [1.29, 1.82) is 0 Å². The maximum absolute atomic E-state index is 12.9. The van der Waals surface area contributed by atoms with E-state index in [0.717, 1.165) is 38.5 Å². The van der Waals surface area contributed by atoms with Crippen LogP contribution >= 0.6 is 0 Å². The number of rotatable bonds is 31. The van der Waals surface area contributed by atoms with Crippen molar-refractivity contribution in [3.05, 3.63) is 0 Å². The normalized spacial score (nSPS) is 11.8. The van der Waals surface area contributed by atoms with Crippen LogP contribution in [0.2, 0.25) is 0 Å². The van der Waals surface area contributed by atoms with Gasteiger partial charge in [-0.15, -0.1) is 0 Å². The number of carbonyl (C=O) groups excluding carboxylic acids is 3. The Kier molecular flexibility index (Phi) is 27.6. The molecule has 0 saturated carbocycles. The highest BCUT2D eigenvalue weighted by atomic mass is 16.4. The molecule has 1 unspecified atom stereocenters. The number of amides is 1. The SMILES string of the molecule is CCCCCCCCCCCCCC(=O)CC(NC(=O)CCC(=O)O)C(=O)CCCCCCCCCCCCC. The molecule has 0 bridgehead atoms. The molecule has 0 saturated heterocycles. The van der Waals surface area contributed by atoms with Crippen molar-refractivity contribution >= 4 is 23.4 Å². The summed E-state index contributed by atoms with van der Waals surface area (Å²) in [6.07, 6.45) is 26.9. The minimum atomic E-state index is -1.05. The molecular formula is C34H63NO5. The number of nitrogens with one attached hydrogen (secondary N) is 1. The molecule has 0 rings (SSSR count). The second kappa shape index (κ2) is 28.8. The molecule has 0 heterocycles. The van der Waals surface area contributed by atoms with Crippen LogP contribution in [0.3, 0.4) is 0 Å². The molecule has 2 N–H and O–H groups in total. The lowest BCUT2D eigenvalue weighted by atomic mass is 9.97. The van der Waals surface area contributed by atoms with Crippen LogP contribution in [0.5, 0.6) is 0 Å². The number of carboxylic acid groups (broad SMARTS) is 1. The zero-order valence-corrected chi connectivity index (χ0v) is 26.2. The number of Topliss-reactive ketones (excluding diaryl/α,β-unsaturated/α-hetero) is 2. The maximum Gasteiger partial charge on any atom is 0.303 e. The Labute approximate surface area is 246 Å². The van der Waals surface area contributed by atoms with Crippen LogP contribution in [0.15, 0.2) is 0 Å². The molecule has 0 aliphatic heterocycles. The van der Waals surface area contributed by atoms with Gasteiger partial charge in [0.25, 0.3) is 0 Å². The van der Waals surface area contributed by atoms with Crippen molar-refractivity contribution in [3.63, 3.8) is 0 Å². The van der Waals surface area contributed by atoms with Crippen molar-refractivity contribution < 1.29 is 24.3 Å². The Morgan fingerprint density at radius 3 is 1.27 bits per heavy atom. The summed E-state index contributed by atoms with van der Waals surface area (Å²) in [5.41, 5.74) is 0. The Morgan fingerprint density at radius 1 is 0.500 bits per heavy atom. The first-order chi connectivity index (χ1) is 19.4. The lowest BCUT2D eigenvalue weighted by Gasteiger charge is -2.17. The maximum atomic E-state index is 12.9. The van der Waals surface area contributed by atoms with E-state index < -0.39 is 17.9 Å². The third-order valence-electron chi connectivity index (χ3n) is 7.81. The van der Waals surface area contributed by atoms with E-state index in [1.807, 2.05) is 0 Å². The van der Waals surface area contributed by atoms with Gasteiger partial charge in [0.1, 0.15) is 5.78 Å². The van der Waals surface area contributed by atoms with Crippen LogP contribution < -0.4 is 5.32 Å². The van der Waals surface area contributed by atoms with E-state index in [4.69, 9.17) is 5.11 Å². The molecule has 0 aromatic heterocycles. The van der Waals surface area contributed by atoms with Gasteiger partial charge in [-0.05, 0) is 12.8 Å². The highest BCUT2D eigenvalue weighted by molar-refractivity contribution is 5.94. The Hall–Kier alpha value is -1.72. The van der Waals surface area contributed by atoms with Gasteiger partial charge >= 0.3 is 5.97 Å². The number of ketones is 2. The summed E-state index contributed by atoms with van der Waals surface area (Å²) in [7, 11) is 0. The van der Waals surface area contributed by atoms with Crippen molar-refractivity contribution in [3.8, 4) is 0 Å². The lowest BCUT2D eigenvalue weighted by molar-refractivity contribution is -0.139. The average Bonchev–Trinajstić information content (AvgIpc) is 2.93. The molecule has 0 spiro atoms. The number of hydrogen-bond acceptors (Lipinski definition) is 4. The predicted molar refractivity (Wildman–Crippen MR) is 166 cm³/mol. The molecule has 40 heavy (non-hydrogen) atoms. The molecule has 6 heteroatoms. The third-order valence-corrected chi connectivity index (χ3v) is 7.81. The largest absolute Gasteiger partial charge is 0.481 e. The van der Waals surface area contributed by atoms with Gasteiger partial charge in [0, 0.05) is 25.7 Å². The molecule has 234 valence electrons. The number of hydrogen-bond donors (Lipinski definition) is 2. The minimum Gasteiger partial charge on any atom is -0.481 e. The second-order valence-electron chi connectivity index (χ2n) is 11.8. The molecule has 0 aromatic carbocycles. The molecule has 0 aliphatic rings. The quantitative estimate of drug-likeness (QED) is 0.0816. The van der Waals surface area contributed by atoms with Gasteiger partial charge in [0.2, 0.25) is 5.91 Å². The molecule has 1 atom stereocenters. The summed E-state index contributed by atoms with van der Waals surface area (Å²) >= 11 is 0. The monoisotopic (exact) mass is 565 g/mol. The Bertz CT molecular complexity index is 648. The van der Waals surface area contributed by atoms with Gasteiger partial charge in [-0.3, -0.25) is 19.2 Å². The number of unbranched alkanes of at least 4 members (excludes halogenated alkanes) is 20. The van der Waals surface area contributed by atoms with E-state index in [1.54, 1.807) is 0 Å². The standard InChI is InChI=1S/C34H63NO5/c1-3-5-7-9-11-13-15-17-19-21-23-25-30(36)29-31(35-33(38)27-28-34(39)40)32(37)26-24-22-20-18-16-14-12-10-8-6-4-2/h31H,3-29H2,1-2H3,(H,35,38)(H,39,40). The van der Waals surface area contributed by atoms with Crippen LogP contribution in [0, 0.1) is 0 Å². The highest BCUT2D eigenvalue weighted by Crippen LogP contribution is 2.15. The fourth-order valence-corrected chi connectivity index (χ4v) is 5.19. The average molecular weight is 566 g/mol.